The van der Waals surface area contributed by atoms with Crippen LogP contribution in [0.15, 0.2) is 45.3 Å². The number of rotatable bonds is 13. The molecule has 1 aromatic rings. The van der Waals surface area contributed by atoms with E-state index in [9.17, 15) is 23.5 Å². The third-order valence-corrected chi connectivity index (χ3v) is 7.96. The highest BCUT2D eigenvalue weighted by atomic mass is 31.0. The average molecular weight is 641 g/mol. The van der Waals surface area contributed by atoms with Crippen molar-refractivity contribution in [1.82, 2.24) is 0 Å². The van der Waals surface area contributed by atoms with Crippen molar-refractivity contribution in [3.8, 4) is 0 Å². The molecular weight excluding hydrogens is 576 g/mol. The third-order valence-electron chi connectivity index (χ3n) is 7.75. The van der Waals surface area contributed by atoms with Gasteiger partial charge >= 0.3 is 0 Å². The van der Waals surface area contributed by atoms with Crippen molar-refractivity contribution < 1.29 is 13.9 Å². The number of anilines is 2. The van der Waals surface area contributed by atoms with Crippen molar-refractivity contribution in [2.45, 2.75) is 139 Å². The molecule has 1 heterocycles. The van der Waals surface area contributed by atoms with Gasteiger partial charge in [-0.25, -0.2) is 8.78 Å². The largest absolute Gasteiger partial charge is 0.508 e. The van der Waals surface area contributed by atoms with Gasteiger partial charge < -0.3 is 15.7 Å². The lowest BCUT2D eigenvalue weighted by atomic mass is 9.37. The summed E-state index contributed by atoms with van der Waals surface area (Å²) in [6.45, 7) is 26.9. The van der Waals surface area contributed by atoms with E-state index in [1.165, 1.54) is 72.8 Å². The first-order chi connectivity index (χ1) is 20.5. The number of hydrogen-bond donors (Lipinski definition) is 3. The van der Waals surface area contributed by atoms with Crippen LogP contribution in [0.1, 0.15) is 115 Å². The summed E-state index contributed by atoms with van der Waals surface area (Å²) in [5.74, 6) is 1.90. The van der Waals surface area contributed by atoms with E-state index in [2.05, 4.69) is 51.8 Å². The zero-order chi connectivity index (χ0) is 34.7. The zero-order valence-corrected chi connectivity index (χ0v) is 30.9. The number of nitrogens with one attached hydrogen (secondary N) is 2. The second-order valence-corrected chi connectivity index (χ2v) is 13.6. The Labute approximate surface area is 270 Å². The molecule has 3 N–H and O–H groups in total. The molecule has 0 radical (unpaired) electrons. The minimum absolute atomic E-state index is 0.106. The Kier molecular flexibility index (Phi) is 22.6. The van der Waals surface area contributed by atoms with Gasteiger partial charge in [0.25, 0.3) is 16.5 Å². The fourth-order valence-electron chi connectivity index (χ4n) is 4.66. The fourth-order valence-corrected chi connectivity index (χ4v) is 4.76. The molecule has 0 spiro atoms. The first kappa shape index (κ1) is 44.2. The SMILES string of the molecule is C=C(C)/C(O)=C\C(=C/C)Nc1c(NCC(F)(F)P)c(=O)c1=O.CC.CC.CCC(C)CCC1CCB(CCC(C)(C)C)CC1. The highest BCUT2D eigenvalue weighted by molar-refractivity contribution is 7.18. The summed E-state index contributed by atoms with van der Waals surface area (Å²) in [5.41, 5.74) is -3.81. The molecule has 9 heteroatoms. The maximum Gasteiger partial charge on any atom is 0.275 e. The molecule has 2 rings (SSSR count). The second kappa shape index (κ2) is 22.5. The highest BCUT2D eigenvalue weighted by Crippen LogP contribution is 2.34. The summed E-state index contributed by atoms with van der Waals surface area (Å²) in [4.78, 5) is 23.0. The third kappa shape index (κ3) is 18.8. The maximum absolute atomic E-state index is 12.8. The lowest BCUT2D eigenvalue weighted by Gasteiger charge is -2.29. The van der Waals surface area contributed by atoms with E-state index in [1.54, 1.807) is 19.9 Å². The van der Waals surface area contributed by atoms with Crippen molar-refractivity contribution in [2.24, 2.45) is 17.3 Å². The van der Waals surface area contributed by atoms with Gasteiger partial charge in [0.2, 0.25) is 0 Å². The van der Waals surface area contributed by atoms with Crippen LogP contribution in [0, 0.1) is 17.3 Å². The van der Waals surface area contributed by atoms with E-state index in [4.69, 9.17) is 0 Å². The van der Waals surface area contributed by atoms with Gasteiger partial charge in [-0.15, -0.1) is 0 Å². The second-order valence-electron chi connectivity index (χ2n) is 12.8. The summed E-state index contributed by atoms with van der Waals surface area (Å²) >= 11 is 0. The summed E-state index contributed by atoms with van der Waals surface area (Å²) in [5, 5.41) is 14.5. The number of halogens is 2. The summed E-state index contributed by atoms with van der Waals surface area (Å²) in [6, 6.07) is 0. The number of allylic oxidation sites excluding steroid dienone is 3. The molecule has 2 unspecified atom stereocenters. The molecule has 1 aromatic carbocycles. The molecule has 1 fully saturated rings. The summed E-state index contributed by atoms with van der Waals surface area (Å²) in [6.07, 6.45) is 16.1. The predicted octanol–water partition coefficient (Wildman–Crippen LogP) is 10.7. The molecule has 1 saturated heterocycles. The molecular formula is C35H64BF2N2O3P. The number of aliphatic hydroxyl groups excluding tert-OH is 1. The Balaban J connectivity index is 0. The van der Waals surface area contributed by atoms with Crippen LogP contribution in [-0.4, -0.2) is 24.0 Å². The van der Waals surface area contributed by atoms with Crippen LogP contribution < -0.4 is 21.5 Å². The van der Waals surface area contributed by atoms with Gasteiger partial charge in [0.1, 0.15) is 23.8 Å². The van der Waals surface area contributed by atoms with E-state index in [0.29, 0.717) is 16.7 Å². The lowest BCUT2D eigenvalue weighted by Crippen LogP contribution is -2.38. The van der Waals surface area contributed by atoms with Crippen LogP contribution in [0.4, 0.5) is 20.2 Å². The summed E-state index contributed by atoms with van der Waals surface area (Å²) < 4.78 is 25.6. The molecule has 254 valence electrons. The topological polar surface area (TPSA) is 78.4 Å². The van der Waals surface area contributed by atoms with Gasteiger partial charge in [-0.05, 0) is 36.7 Å². The van der Waals surface area contributed by atoms with Crippen LogP contribution in [0.2, 0.25) is 19.0 Å². The van der Waals surface area contributed by atoms with E-state index >= 15 is 0 Å². The van der Waals surface area contributed by atoms with E-state index in [1.807, 2.05) is 27.7 Å². The monoisotopic (exact) mass is 640 g/mol. The van der Waals surface area contributed by atoms with Gasteiger partial charge in [-0.1, -0.05) is 142 Å². The minimum Gasteiger partial charge on any atom is -0.508 e. The Bertz CT molecular complexity index is 1080. The average Bonchev–Trinajstić information content (AvgIpc) is 2.99. The molecule has 1 aliphatic heterocycles. The fraction of sp³-hybridized carbons (Fsp3) is 0.714. The molecule has 44 heavy (non-hydrogen) atoms. The first-order valence-electron chi connectivity index (χ1n) is 16.7. The number of hydrogen-bond acceptors (Lipinski definition) is 5. The summed E-state index contributed by atoms with van der Waals surface area (Å²) in [7, 11) is 1.33. The van der Waals surface area contributed by atoms with Gasteiger partial charge in [-0.2, -0.15) is 0 Å². The minimum atomic E-state index is -3.10. The smallest absolute Gasteiger partial charge is 0.275 e. The predicted molar refractivity (Wildman–Crippen MR) is 196 cm³/mol. The van der Waals surface area contributed by atoms with Crippen LogP contribution in [0.5, 0.6) is 0 Å². The van der Waals surface area contributed by atoms with Crippen molar-refractivity contribution in [2.75, 3.05) is 17.2 Å². The molecule has 0 amide bonds. The van der Waals surface area contributed by atoms with Crippen molar-refractivity contribution in [1.29, 1.82) is 0 Å². The normalized spacial score (nSPS) is 15.2. The van der Waals surface area contributed by atoms with Crippen LogP contribution in [0.3, 0.4) is 0 Å². The van der Waals surface area contributed by atoms with Crippen LogP contribution in [0.25, 0.3) is 0 Å². The molecule has 0 aliphatic carbocycles. The van der Waals surface area contributed by atoms with E-state index < -0.39 is 23.1 Å². The van der Waals surface area contributed by atoms with E-state index in [0.717, 1.165) is 18.5 Å². The van der Waals surface area contributed by atoms with Crippen LogP contribution in [-0.2, 0) is 0 Å². The molecule has 2 atom stereocenters. The molecule has 1 aliphatic rings. The van der Waals surface area contributed by atoms with Gasteiger partial charge in [0.15, 0.2) is 0 Å². The van der Waals surface area contributed by atoms with Gasteiger partial charge in [0.05, 0.1) is 6.54 Å². The van der Waals surface area contributed by atoms with Gasteiger partial charge in [-0.3, -0.25) is 9.59 Å². The Morgan fingerprint density at radius 1 is 1.11 bits per heavy atom. The quantitative estimate of drug-likeness (QED) is 0.0657. The Hall–Kier alpha value is -1.95. The molecule has 5 nitrogen and oxygen atoms in total. The molecule has 0 saturated carbocycles. The highest BCUT2D eigenvalue weighted by Gasteiger charge is 2.27. The lowest BCUT2D eigenvalue weighted by molar-refractivity contribution is 0.120. The number of aliphatic hydroxyl groups is 1. The van der Waals surface area contributed by atoms with Crippen molar-refractivity contribution in [3.63, 3.8) is 0 Å². The van der Waals surface area contributed by atoms with Crippen molar-refractivity contribution in [3.05, 3.63) is 56.2 Å². The zero-order valence-electron chi connectivity index (χ0n) is 29.8. The standard InChI is InChI=1S/C17H35B.C14H17F2N2O3P.2C2H6/c1-6-15(2)7-8-16-9-12-18(13-10-16)14-11-17(3,4)5;1-4-8(5-9(19)7(2)3)18-11-10(12(20)13(11)21)17-6-14(15,16)22;2*1-2/h15-16H,6-14H2,1-5H3;4-5,17-19H,2,6,22H2,1,3H3;2*1-2H3/b;8-4+,9-5+;;. The Morgan fingerprint density at radius 2 is 1.64 bits per heavy atom. The van der Waals surface area contributed by atoms with E-state index in [-0.39, 0.29) is 17.1 Å². The number of alkyl halides is 2. The van der Waals surface area contributed by atoms with Crippen molar-refractivity contribution >= 4 is 27.3 Å². The maximum atomic E-state index is 12.8. The molecule has 0 aromatic heterocycles. The first-order valence-corrected chi connectivity index (χ1v) is 17.3. The molecule has 0 bridgehead atoms. The van der Waals surface area contributed by atoms with Gasteiger partial charge in [0, 0.05) is 11.8 Å². The Morgan fingerprint density at radius 3 is 2.07 bits per heavy atom. The van der Waals surface area contributed by atoms with Crippen LogP contribution >= 0.6 is 9.24 Å².